The average molecular weight is 548 g/mol. The van der Waals surface area contributed by atoms with Crippen molar-refractivity contribution in [1.29, 1.82) is 0 Å². The number of sulfonamides is 1. The quantitative estimate of drug-likeness (QED) is 0.431. The summed E-state index contributed by atoms with van der Waals surface area (Å²) in [5, 5.41) is 3.28. The van der Waals surface area contributed by atoms with Crippen molar-refractivity contribution in [2.45, 2.75) is 18.0 Å². The molecule has 0 bridgehead atoms. The van der Waals surface area contributed by atoms with E-state index in [1.54, 1.807) is 24.3 Å². The van der Waals surface area contributed by atoms with Gasteiger partial charge < -0.3 is 10.1 Å². The fraction of sp³-hybridized carbons (Fsp3) is 0.269. The summed E-state index contributed by atoms with van der Waals surface area (Å²) in [5.41, 5.74) is 2.23. The number of amides is 1. The summed E-state index contributed by atoms with van der Waals surface area (Å²) in [5.74, 6) is -0.469. The van der Waals surface area contributed by atoms with E-state index in [4.69, 9.17) is 27.9 Å². The number of carbonyl (C=O) groups is 1. The molecule has 3 aromatic rings. The standard InChI is InChI=1S/C26H27Cl2N3O4S/c27-22-10-11-24(28)25(16-22)31(36(33,34)23-4-2-1-3-5-23)19-26(32)29-17-20-6-8-21(9-7-20)18-30-12-14-35-15-13-30/h1-11,16H,12-15,17-19H2,(H,29,32). The molecule has 1 heterocycles. The summed E-state index contributed by atoms with van der Waals surface area (Å²) >= 11 is 12.4. The Balaban J connectivity index is 1.45. The monoisotopic (exact) mass is 547 g/mol. The Morgan fingerprint density at radius 2 is 1.61 bits per heavy atom. The smallest absolute Gasteiger partial charge is 0.264 e. The minimum absolute atomic E-state index is 0.0460. The second kappa shape index (κ2) is 12.1. The zero-order valence-electron chi connectivity index (χ0n) is 19.6. The molecule has 190 valence electrons. The van der Waals surface area contributed by atoms with E-state index >= 15 is 0 Å². The van der Waals surface area contributed by atoms with Gasteiger partial charge in [0.15, 0.2) is 0 Å². The molecule has 3 aromatic carbocycles. The number of halogens is 2. The number of morpholine rings is 1. The SMILES string of the molecule is O=C(CN(c1cc(Cl)ccc1Cl)S(=O)(=O)c1ccccc1)NCc1ccc(CN2CCOCC2)cc1. The van der Waals surface area contributed by atoms with Crippen LogP contribution < -0.4 is 9.62 Å². The highest BCUT2D eigenvalue weighted by Gasteiger charge is 2.29. The molecule has 0 atom stereocenters. The Morgan fingerprint density at radius 1 is 0.944 bits per heavy atom. The number of hydrogen-bond acceptors (Lipinski definition) is 5. The molecule has 10 heteroatoms. The zero-order chi connectivity index (χ0) is 25.5. The first-order valence-corrected chi connectivity index (χ1v) is 13.7. The number of nitrogens with zero attached hydrogens (tertiary/aromatic N) is 2. The summed E-state index contributed by atoms with van der Waals surface area (Å²) in [6, 6.07) is 20.4. The fourth-order valence-electron chi connectivity index (χ4n) is 3.86. The van der Waals surface area contributed by atoms with Gasteiger partial charge in [0, 0.05) is 31.2 Å². The second-order valence-electron chi connectivity index (χ2n) is 8.40. The van der Waals surface area contributed by atoms with Gasteiger partial charge >= 0.3 is 0 Å². The molecule has 1 amide bonds. The molecule has 4 rings (SSSR count). The Kier molecular flexibility index (Phi) is 8.87. The van der Waals surface area contributed by atoms with Gasteiger partial charge in [0.2, 0.25) is 5.91 Å². The number of benzene rings is 3. The van der Waals surface area contributed by atoms with Gasteiger partial charge in [-0.05, 0) is 41.5 Å². The number of nitrogens with one attached hydrogen (secondary N) is 1. The largest absolute Gasteiger partial charge is 0.379 e. The lowest BCUT2D eigenvalue weighted by molar-refractivity contribution is -0.119. The highest BCUT2D eigenvalue weighted by atomic mass is 35.5. The van der Waals surface area contributed by atoms with Crippen molar-refractivity contribution in [1.82, 2.24) is 10.2 Å². The first kappa shape index (κ1) is 26.4. The maximum Gasteiger partial charge on any atom is 0.264 e. The van der Waals surface area contributed by atoms with E-state index in [1.165, 1.54) is 29.8 Å². The summed E-state index contributed by atoms with van der Waals surface area (Å²) in [6.07, 6.45) is 0. The molecule has 0 saturated carbocycles. The Hall–Kier alpha value is -2.62. The third-order valence-corrected chi connectivity index (χ3v) is 8.15. The maximum absolute atomic E-state index is 13.4. The van der Waals surface area contributed by atoms with E-state index in [-0.39, 0.29) is 22.2 Å². The van der Waals surface area contributed by atoms with Crippen molar-refractivity contribution in [2.24, 2.45) is 0 Å². The third-order valence-electron chi connectivity index (χ3n) is 5.82. The zero-order valence-corrected chi connectivity index (χ0v) is 21.9. The second-order valence-corrected chi connectivity index (χ2v) is 11.1. The van der Waals surface area contributed by atoms with E-state index in [0.717, 1.165) is 42.7 Å². The van der Waals surface area contributed by atoms with E-state index in [9.17, 15) is 13.2 Å². The minimum atomic E-state index is -4.08. The Labute approximate surface area is 221 Å². The molecule has 0 aliphatic carbocycles. The molecule has 1 N–H and O–H groups in total. The van der Waals surface area contributed by atoms with Gasteiger partial charge in [-0.25, -0.2) is 8.42 Å². The third kappa shape index (κ3) is 6.78. The van der Waals surface area contributed by atoms with Crippen LogP contribution in [0, 0.1) is 0 Å². The molecule has 36 heavy (non-hydrogen) atoms. The number of rotatable bonds is 9. The first-order valence-electron chi connectivity index (χ1n) is 11.5. The number of hydrogen-bond donors (Lipinski definition) is 1. The highest BCUT2D eigenvalue weighted by molar-refractivity contribution is 7.92. The van der Waals surface area contributed by atoms with Gasteiger partial charge in [-0.3, -0.25) is 14.0 Å². The molecule has 1 fully saturated rings. The predicted octanol–water partition coefficient (Wildman–Crippen LogP) is 4.34. The Morgan fingerprint density at radius 3 is 2.31 bits per heavy atom. The molecule has 7 nitrogen and oxygen atoms in total. The lowest BCUT2D eigenvalue weighted by atomic mass is 10.1. The van der Waals surface area contributed by atoms with Crippen molar-refractivity contribution in [3.05, 3.63) is 94.0 Å². The van der Waals surface area contributed by atoms with Crippen molar-refractivity contribution in [3.8, 4) is 0 Å². The van der Waals surface area contributed by atoms with E-state index < -0.39 is 22.5 Å². The summed E-state index contributed by atoms with van der Waals surface area (Å²) in [7, 11) is -4.08. The van der Waals surface area contributed by atoms with Gasteiger partial charge in [-0.1, -0.05) is 65.7 Å². The van der Waals surface area contributed by atoms with Crippen LogP contribution in [0.2, 0.25) is 10.0 Å². The molecule has 0 unspecified atom stereocenters. The highest BCUT2D eigenvalue weighted by Crippen LogP contribution is 2.32. The molecule has 0 radical (unpaired) electrons. The lowest BCUT2D eigenvalue weighted by Gasteiger charge is -2.26. The topological polar surface area (TPSA) is 79.0 Å². The normalized spacial score (nSPS) is 14.4. The van der Waals surface area contributed by atoms with Crippen LogP contribution in [-0.4, -0.2) is 52.1 Å². The fourth-order valence-corrected chi connectivity index (χ4v) is 5.75. The van der Waals surface area contributed by atoms with Gasteiger partial charge in [0.25, 0.3) is 10.0 Å². The van der Waals surface area contributed by atoms with Gasteiger partial charge in [-0.2, -0.15) is 0 Å². The van der Waals surface area contributed by atoms with E-state index in [0.29, 0.717) is 5.02 Å². The van der Waals surface area contributed by atoms with Crippen LogP contribution in [0.3, 0.4) is 0 Å². The molecule has 0 spiro atoms. The summed E-state index contributed by atoms with van der Waals surface area (Å²) in [6.45, 7) is 3.99. The van der Waals surface area contributed by atoms with Crippen LogP contribution in [0.4, 0.5) is 5.69 Å². The molecule has 1 aliphatic heterocycles. The maximum atomic E-state index is 13.4. The lowest BCUT2D eigenvalue weighted by Crippen LogP contribution is -2.40. The van der Waals surface area contributed by atoms with Crippen molar-refractivity contribution >= 4 is 44.8 Å². The Bertz CT molecular complexity index is 1280. The van der Waals surface area contributed by atoms with Gasteiger partial charge in [-0.15, -0.1) is 0 Å². The number of anilines is 1. The van der Waals surface area contributed by atoms with Crippen molar-refractivity contribution < 1.29 is 17.9 Å². The molecular weight excluding hydrogens is 521 g/mol. The summed E-state index contributed by atoms with van der Waals surface area (Å²) in [4.78, 5) is 15.3. The van der Waals surface area contributed by atoms with Crippen LogP contribution in [0.5, 0.6) is 0 Å². The van der Waals surface area contributed by atoms with Crippen LogP contribution in [0.15, 0.2) is 77.7 Å². The van der Waals surface area contributed by atoms with Crippen LogP contribution >= 0.6 is 23.2 Å². The number of carbonyl (C=O) groups excluding carboxylic acids is 1. The average Bonchev–Trinajstić information content (AvgIpc) is 2.89. The van der Waals surface area contributed by atoms with E-state index in [1.807, 2.05) is 24.3 Å². The molecule has 1 aliphatic rings. The predicted molar refractivity (Wildman–Crippen MR) is 142 cm³/mol. The van der Waals surface area contributed by atoms with Crippen LogP contribution in [-0.2, 0) is 32.6 Å². The van der Waals surface area contributed by atoms with Crippen molar-refractivity contribution in [3.63, 3.8) is 0 Å². The van der Waals surface area contributed by atoms with Gasteiger partial charge in [0.05, 0.1) is 28.8 Å². The minimum Gasteiger partial charge on any atom is -0.379 e. The van der Waals surface area contributed by atoms with Crippen molar-refractivity contribution in [2.75, 3.05) is 37.2 Å². The number of ether oxygens (including phenoxy) is 1. The first-order chi connectivity index (χ1) is 17.3. The van der Waals surface area contributed by atoms with E-state index in [2.05, 4.69) is 10.2 Å². The van der Waals surface area contributed by atoms with Crippen LogP contribution in [0.25, 0.3) is 0 Å². The van der Waals surface area contributed by atoms with Crippen LogP contribution in [0.1, 0.15) is 11.1 Å². The van der Waals surface area contributed by atoms with Gasteiger partial charge in [0.1, 0.15) is 6.54 Å². The molecular formula is C26H27Cl2N3O4S. The summed E-state index contributed by atoms with van der Waals surface area (Å²) < 4.78 is 33.3. The molecule has 0 aromatic heterocycles. The molecule has 1 saturated heterocycles.